The minimum Gasteiger partial charge on any atom is -0.507 e. The molecule has 23 heavy (non-hydrogen) atoms. The number of phenolic OH excluding ortho intramolecular Hbond substituents is 1. The van der Waals surface area contributed by atoms with E-state index < -0.39 is 0 Å². The molecule has 1 heterocycles. The molecular formula is C19H22N2O2. The van der Waals surface area contributed by atoms with Crippen molar-refractivity contribution < 1.29 is 9.90 Å². The fourth-order valence-electron chi connectivity index (χ4n) is 2.99. The maximum absolute atomic E-state index is 12.6. The molecule has 1 aliphatic heterocycles. The molecule has 4 heteroatoms. The average molecular weight is 310 g/mol. The summed E-state index contributed by atoms with van der Waals surface area (Å²) in [5.74, 6) is -0.0255. The zero-order chi connectivity index (χ0) is 16.4. The lowest BCUT2D eigenvalue weighted by molar-refractivity contribution is 0.0743. The lowest BCUT2D eigenvalue weighted by Gasteiger charge is -2.36. The topological polar surface area (TPSA) is 43.8 Å². The van der Waals surface area contributed by atoms with Gasteiger partial charge in [0.1, 0.15) is 5.75 Å². The number of amides is 1. The van der Waals surface area contributed by atoms with Crippen LogP contribution in [0.1, 0.15) is 21.5 Å². The number of benzene rings is 2. The molecule has 1 fully saturated rings. The monoisotopic (exact) mass is 310 g/mol. The number of rotatable bonds is 2. The molecule has 1 saturated heterocycles. The lowest BCUT2D eigenvalue weighted by atomic mass is 10.1. The highest BCUT2D eigenvalue weighted by atomic mass is 16.3. The van der Waals surface area contributed by atoms with Crippen LogP contribution in [0.4, 0.5) is 5.69 Å². The Bertz CT molecular complexity index is 719. The molecule has 0 atom stereocenters. The van der Waals surface area contributed by atoms with Crippen LogP contribution in [-0.4, -0.2) is 42.1 Å². The van der Waals surface area contributed by atoms with Crippen LogP contribution in [0.3, 0.4) is 0 Å². The molecule has 0 unspecified atom stereocenters. The number of aromatic hydroxyl groups is 1. The van der Waals surface area contributed by atoms with Gasteiger partial charge >= 0.3 is 0 Å². The van der Waals surface area contributed by atoms with E-state index in [9.17, 15) is 9.90 Å². The number of carbonyl (C=O) groups is 1. The van der Waals surface area contributed by atoms with Crippen LogP contribution in [0.15, 0.2) is 42.5 Å². The summed E-state index contributed by atoms with van der Waals surface area (Å²) in [4.78, 5) is 16.7. The van der Waals surface area contributed by atoms with Crippen molar-refractivity contribution in [3.8, 4) is 5.75 Å². The number of hydrogen-bond acceptors (Lipinski definition) is 3. The molecule has 1 N–H and O–H groups in total. The van der Waals surface area contributed by atoms with Gasteiger partial charge in [0.15, 0.2) is 0 Å². The minimum atomic E-state index is -0.0913. The molecule has 0 saturated carbocycles. The Morgan fingerprint density at radius 2 is 1.65 bits per heavy atom. The van der Waals surface area contributed by atoms with Gasteiger partial charge in [-0.2, -0.15) is 0 Å². The molecule has 0 aliphatic carbocycles. The first-order chi connectivity index (χ1) is 11.0. The van der Waals surface area contributed by atoms with E-state index in [2.05, 4.69) is 36.1 Å². The summed E-state index contributed by atoms with van der Waals surface area (Å²) in [5, 5.41) is 10.00. The van der Waals surface area contributed by atoms with Crippen molar-refractivity contribution in [1.29, 1.82) is 0 Å². The average Bonchev–Trinajstić information content (AvgIpc) is 2.54. The highest BCUT2D eigenvalue weighted by molar-refractivity contribution is 5.97. The minimum absolute atomic E-state index is 0.0658. The summed E-state index contributed by atoms with van der Waals surface area (Å²) < 4.78 is 0. The molecule has 1 amide bonds. The van der Waals surface area contributed by atoms with Gasteiger partial charge in [-0.05, 0) is 49.2 Å². The van der Waals surface area contributed by atoms with Gasteiger partial charge in [0.2, 0.25) is 0 Å². The molecule has 2 aromatic carbocycles. The quantitative estimate of drug-likeness (QED) is 0.927. The summed E-state index contributed by atoms with van der Waals surface area (Å²) in [6, 6.07) is 13.6. The molecule has 3 rings (SSSR count). The van der Waals surface area contributed by atoms with E-state index in [-0.39, 0.29) is 11.7 Å². The molecule has 0 radical (unpaired) electrons. The van der Waals surface area contributed by atoms with Crippen LogP contribution in [0.2, 0.25) is 0 Å². The second-order valence-electron chi connectivity index (χ2n) is 6.14. The van der Waals surface area contributed by atoms with E-state index in [0.29, 0.717) is 18.7 Å². The fraction of sp³-hybridized carbons (Fsp3) is 0.316. The van der Waals surface area contributed by atoms with E-state index in [0.717, 1.165) is 18.7 Å². The van der Waals surface area contributed by atoms with Crippen molar-refractivity contribution >= 4 is 11.6 Å². The number of piperazine rings is 1. The highest BCUT2D eigenvalue weighted by Gasteiger charge is 2.24. The molecule has 1 aliphatic rings. The Labute approximate surface area is 137 Å². The Morgan fingerprint density at radius 1 is 0.957 bits per heavy atom. The Morgan fingerprint density at radius 3 is 2.30 bits per heavy atom. The third-order valence-electron chi connectivity index (χ3n) is 4.32. The van der Waals surface area contributed by atoms with Crippen LogP contribution in [0.25, 0.3) is 0 Å². The number of hydrogen-bond donors (Lipinski definition) is 1. The zero-order valence-corrected chi connectivity index (χ0v) is 13.6. The molecule has 4 nitrogen and oxygen atoms in total. The van der Waals surface area contributed by atoms with Gasteiger partial charge in [-0.3, -0.25) is 4.79 Å². The second kappa shape index (κ2) is 6.32. The van der Waals surface area contributed by atoms with Crippen LogP contribution in [-0.2, 0) is 0 Å². The maximum Gasteiger partial charge on any atom is 0.257 e. The summed E-state index contributed by atoms with van der Waals surface area (Å²) in [6.07, 6.45) is 0. The predicted octanol–water partition coefficient (Wildman–Crippen LogP) is 2.97. The van der Waals surface area contributed by atoms with Crippen molar-refractivity contribution in [3.63, 3.8) is 0 Å². The maximum atomic E-state index is 12.6. The largest absolute Gasteiger partial charge is 0.507 e. The van der Waals surface area contributed by atoms with Crippen LogP contribution in [0, 0.1) is 13.8 Å². The lowest BCUT2D eigenvalue weighted by Crippen LogP contribution is -2.48. The molecule has 0 spiro atoms. The van der Waals surface area contributed by atoms with Gasteiger partial charge in [0.25, 0.3) is 5.91 Å². The second-order valence-corrected chi connectivity index (χ2v) is 6.14. The number of carbonyl (C=O) groups excluding carboxylic acids is 1. The fourth-order valence-corrected chi connectivity index (χ4v) is 2.99. The summed E-state index contributed by atoms with van der Waals surface area (Å²) in [7, 11) is 0. The van der Waals surface area contributed by atoms with Crippen molar-refractivity contribution in [3.05, 3.63) is 59.2 Å². The van der Waals surface area contributed by atoms with E-state index in [1.165, 1.54) is 11.3 Å². The Kier molecular flexibility index (Phi) is 4.24. The third-order valence-corrected chi connectivity index (χ3v) is 4.32. The van der Waals surface area contributed by atoms with E-state index in [1.807, 2.05) is 17.9 Å². The van der Waals surface area contributed by atoms with E-state index in [1.54, 1.807) is 12.1 Å². The van der Waals surface area contributed by atoms with E-state index in [4.69, 9.17) is 0 Å². The number of phenols is 1. The third kappa shape index (κ3) is 3.31. The first-order valence-electron chi connectivity index (χ1n) is 7.95. The van der Waals surface area contributed by atoms with Crippen LogP contribution in [0.5, 0.6) is 5.75 Å². The summed E-state index contributed by atoms with van der Waals surface area (Å²) in [6.45, 7) is 6.93. The summed E-state index contributed by atoms with van der Waals surface area (Å²) in [5.41, 5.74) is 3.78. The zero-order valence-electron chi connectivity index (χ0n) is 13.6. The molecule has 0 aromatic heterocycles. The Hall–Kier alpha value is -2.49. The van der Waals surface area contributed by atoms with Crippen molar-refractivity contribution in [2.45, 2.75) is 13.8 Å². The molecular weight excluding hydrogens is 288 g/mol. The summed E-state index contributed by atoms with van der Waals surface area (Å²) >= 11 is 0. The predicted molar refractivity (Wildman–Crippen MR) is 92.1 cm³/mol. The first-order valence-corrected chi connectivity index (χ1v) is 7.95. The number of nitrogens with zero attached hydrogens (tertiary/aromatic N) is 2. The number of aryl methyl sites for hydroxylation is 2. The van der Waals surface area contributed by atoms with Gasteiger partial charge in [-0.25, -0.2) is 0 Å². The van der Waals surface area contributed by atoms with Gasteiger partial charge in [0.05, 0.1) is 5.56 Å². The van der Waals surface area contributed by atoms with Gasteiger partial charge in [-0.1, -0.05) is 18.2 Å². The molecule has 2 aromatic rings. The highest BCUT2D eigenvalue weighted by Crippen LogP contribution is 2.22. The number of anilines is 1. The van der Waals surface area contributed by atoms with Crippen molar-refractivity contribution in [1.82, 2.24) is 4.90 Å². The molecule has 120 valence electrons. The van der Waals surface area contributed by atoms with Crippen molar-refractivity contribution in [2.24, 2.45) is 0 Å². The Balaban J connectivity index is 1.68. The molecule has 0 bridgehead atoms. The standard InChI is InChI=1S/C19H22N2O2/c1-14-4-3-5-16(12-14)20-8-10-21(11-9-20)19(23)17-7-6-15(2)13-18(17)22/h3-7,12-13,22H,8-11H2,1-2H3. The van der Waals surface area contributed by atoms with Gasteiger partial charge in [-0.15, -0.1) is 0 Å². The smallest absolute Gasteiger partial charge is 0.257 e. The van der Waals surface area contributed by atoms with Gasteiger partial charge < -0.3 is 14.9 Å². The van der Waals surface area contributed by atoms with Crippen LogP contribution < -0.4 is 4.90 Å². The van der Waals surface area contributed by atoms with Gasteiger partial charge in [0, 0.05) is 31.9 Å². The first kappa shape index (κ1) is 15.4. The van der Waals surface area contributed by atoms with Crippen molar-refractivity contribution in [2.75, 3.05) is 31.1 Å². The van der Waals surface area contributed by atoms with E-state index >= 15 is 0 Å². The van der Waals surface area contributed by atoms with Crippen LogP contribution >= 0.6 is 0 Å². The SMILES string of the molecule is Cc1cccc(N2CCN(C(=O)c3ccc(C)cc3O)CC2)c1. The normalized spacial score (nSPS) is 14.9.